The normalized spacial score (nSPS) is 26.8. The molecule has 3 aliphatic carbocycles. The minimum absolute atomic E-state index is 0.0678. The maximum atomic E-state index is 14.1. The molecule has 1 fully saturated rings. The summed E-state index contributed by atoms with van der Waals surface area (Å²) in [6.45, 7) is 6.30. The summed E-state index contributed by atoms with van der Waals surface area (Å²) in [4.78, 5) is 44.7. The second kappa shape index (κ2) is 10.4. The number of aryl methyl sites for hydroxylation is 1. The van der Waals surface area contributed by atoms with Crippen LogP contribution in [0.15, 0.2) is 29.0 Å². The summed E-state index contributed by atoms with van der Waals surface area (Å²) in [6.07, 6.45) is 1.94. The zero-order chi connectivity index (χ0) is 29.9. The number of ketones is 3. The summed E-state index contributed by atoms with van der Waals surface area (Å²) in [7, 11) is 7.25. The Labute approximate surface area is 235 Å². The molecule has 9 heteroatoms. The number of phenolic OH excluding ortho intramolecular Hbond substituents is 1. The monoisotopic (exact) mass is 554 g/mol. The predicted molar refractivity (Wildman–Crippen MR) is 151 cm³/mol. The van der Waals surface area contributed by atoms with Crippen LogP contribution in [0, 0.1) is 17.3 Å². The Morgan fingerprint density at radius 1 is 1.07 bits per heavy atom. The first-order chi connectivity index (χ1) is 18.5. The summed E-state index contributed by atoms with van der Waals surface area (Å²) in [6, 6.07) is 2.29. The number of aliphatic hydroxyl groups is 3. The lowest BCUT2D eigenvalue weighted by Gasteiger charge is -2.50. The molecule has 0 bridgehead atoms. The SMILES string of the molecule is CN(C)CCCc1ccc(O)c2c1C[C@@H]1C[C@H]3[C@@H](N(C)C)C(=O)C(C(=O)CC(C)(C)C)=C(O)[C@]3(O)C(=O)C1=C2O. The average Bonchev–Trinajstić information content (AvgIpc) is 2.81. The molecule has 1 aromatic carbocycles. The van der Waals surface area contributed by atoms with E-state index < -0.39 is 63.3 Å². The van der Waals surface area contributed by atoms with E-state index in [0.717, 1.165) is 24.1 Å². The molecule has 4 N–H and O–H groups in total. The molecule has 4 rings (SSSR count). The first-order valence-electron chi connectivity index (χ1n) is 13.9. The Balaban J connectivity index is 1.87. The van der Waals surface area contributed by atoms with Crippen molar-refractivity contribution in [3.8, 4) is 5.75 Å². The van der Waals surface area contributed by atoms with Gasteiger partial charge in [0.25, 0.3) is 0 Å². The van der Waals surface area contributed by atoms with Crippen LogP contribution >= 0.6 is 0 Å². The van der Waals surface area contributed by atoms with Crippen LogP contribution in [0.2, 0.25) is 0 Å². The fourth-order valence-electron chi connectivity index (χ4n) is 6.73. The highest BCUT2D eigenvalue weighted by atomic mass is 16.3. The van der Waals surface area contributed by atoms with Gasteiger partial charge in [0.05, 0.1) is 11.6 Å². The molecular formula is C31H42N2O7. The number of Topliss-reactive ketones (excluding diaryl/α,β-unsaturated/α-hetero) is 3. The molecule has 0 unspecified atom stereocenters. The molecule has 0 amide bonds. The van der Waals surface area contributed by atoms with E-state index in [2.05, 4.69) is 4.90 Å². The van der Waals surface area contributed by atoms with Crippen molar-refractivity contribution < 1.29 is 34.8 Å². The average molecular weight is 555 g/mol. The van der Waals surface area contributed by atoms with Gasteiger partial charge in [0.1, 0.15) is 22.8 Å². The van der Waals surface area contributed by atoms with Crippen LogP contribution < -0.4 is 0 Å². The quantitative estimate of drug-likeness (QED) is 0.375. The van der Waals surface area contributed by atoms with Gasteiger partial charge < -0.3 is 25.3 Å². The molecule has 0 heterocycles. The van der Waals surface area contributed by atoms with Gasteiger partial charge in [0, 0.05) is 17.9 Å². The van der Waals surface area contributed by atoms with Crippen molar-refractivity contribution in [2.45, 2.75) is 64.5 Å². The third-order valence-corrected chi connectivity index (χ3v) is 8.48. The van der Waals surface area contributed by atoms with Gasteiger partial charge in [0.2, 0.25) is 5.78 Å². The number of hydrogen-bond donors (Lipinski definition) is 4. The van der Waals surface area contributed by atoms with Gasteiger partial charge in [-0.15, -0.1) is 0 Å². The van der Waals surface area contributed by atoms with Crippen LogP contribution in [0.3, 0.4) is 0 Å². The predicted octanol–water partition coefficient (Wildman–Crippen LogP) is 2.98. The summed E-state index contributed by atoms with van der Waals surface area (Å²) >= 11 is 0. The number of carbonyl (C=O) groups excluding carboxylic acids is 3. The number of hydrogen-bond acceptors (Lipinski definition) is 9. The van der Waals surface area contributed by atoms with Crippen molar-refractivity contribution in [3.05, 3.63) is 45.7 Å². The van der Waals surface area contributed by atoms with E-state index in [9.17, 15) is 34.8 Å². The van der Waals surface area contributed by atoms with Gasteiger partial charge in [0.15, 0.2) is 17.2 Å². The molecule has 9 nitrogen and oxygen atoms in total. The third kappa shape index (κ3) is 4.88. The smallest absolute Gasteiger partial charge is 0.202 e. The van der Waals surface area contributed by atoms with Crippen LogP contribution in [0.25, 0.3) is 5.76 Å². The van der Waals surface area contributed by atoms with E-state index in [1.165, 1.54) is 6.07 Å². The van der Waals surface area contributed by atoms with Crippen LogP contribution in [0.4, 0.5) is 0 Å². The number of nitrogens with zero attached hydrogens (tertiary/aromatic N) is 2. The lowest BCUT2D eigenvalue weighted by molar-refractivity contribution is -0.153. The first kappa shape index (κ1) is 30.0. The number of aromatic hydroxyl groups is 1. The second-order valence-electron chi connectivity index (χ2n) is 13.3. The van der Waals surface area contributed by atoms with Crippen LogP contribution in [0.5, 0.6) is 5.75 Å². The number of fused-ring (bicyclic) bond motifs is 3. The minimum atomic E-state index is -2.57. The molecule has 0 saturated heterocycles. The lowest BCUT2D eigenvalue weighted by atomic mass is 9.57. The van der Waals surface area contributed by atoms with Gasteiger partial charge in [-0.2, -0.15) is 0 Å². The molecule has 1 aromatic rings. The third-order valence-electron chi connectivity index (χ3n) is 8.48. The zero-order valence-electron chi connectivity index (χ0n) is 24.5. The number of phenols is 1. The maximum Gasteiger partial charge on any atom is 0.202 e. The van der Waals surface area contributed by atoms with Crippen LogP contribution in [-0.4, -0.2) is 94.0 Å². The van der Waals surface area contributed by atoms with E-state index in [1.54, 1.807) is 19.0 Å². The maximum absolute atomic E-state index is 14.1. The van der Waals surface area contributed by atoms with Gasteiger partial charge >= 0.3 is 0 Å². The van der Waals surface area contributed by atoms with Gasteiger partial charge in [-0.25, -0.2) is 0 Å². The largest absolute Gasteiger partial charge is 0.508 e. The van der Waals surface area contributed by atoms with E-state index in [4.69, 9.17) is 0 Å². The molecule has 0 aromatic heterocycles. The summed E-state index contributed by atoms with van der Waals surface area (Å²) in [5.41, 5.74) is -1.86. The molecule has 0 aliphatic heterocycles. The molecule has 1 saturated carbocycles. The molecule has 4 atom stereocenters. The molecule has 0 radical (unpaired) electrons. The first-order valence-corrected chi connectivity index (χ1v) is 13.9. The lowest BCUT2D eigenvalue weighted by Crippen LogP contribution is -2.65. The Hall–Kier alpha value is -3.01. The highest BCUT2D eigenvalue weighted by molar-refractivity contribution is 6.25. The van der Waals surface area contributed by atoms with E-state index in [-0.39, 0.29) is 29.7 Å². The van der Waals surface area contributed by atoms with Gasteiger partial charge in [-0.1, -0.05) is 26.8 Å². The van der Waals surface area contributed by atoms with E-state index >= 15 is 0 Å². The summed E-state index contributed by atoms with van der Waals surface area (Å²) in [5.74, 6) is -5.32. The van der Waals surface area contributed by atoms with E-state index in [1.807, 2.05) is 40.9 Å². The number of carbonyl (C=O) groups is 3. The molecule has 3 aliphatic rings. The number of aliphatic hydroxyl groups excluding tert-OH is 2. The Morgan fingerprint density at radius 2 is 1.73 bits per heavy atom. The van der Waals surface area contributed by atoms with Crippen molar-refractivity contribution in [2.24, 2.45) is 17.3 Å². The molecule has 0 spiro atoms. The standard InChI is InChI=1S/C31H42N2O7/c1-30(2,3)15-21(35)24-27(37)25(33(6)7)19-14-17-13-18-16(9-8-12-32(4)5)10-11-20(34)23(18)26(36)22(17)28(38)31(19,40)29(24)39/h10-11,17,19,25,34,36,39-40H,8-9,12-15H2,1-7H3/t17-,19+,25-,31-/m1/s1. The van der Waals surface area contributed by atoms with Crippen molar-refractivity contribution in [1.29, 1.82) is 0 Å². The second-order valence-corrected chi connectivity index (χ2v) is 13.3. The highest BCUT2D eigenvalue weighted by Crippen LogP contribution is 2.53. The highest BCUT2D eigenvalue weighted by Gasteiger charge is 2.64. The Kier molecular flexibility index (Phi) is 7.81. The van der Waals surface area contributed by atoms with Gasteiger partial charge in [-0.05, 0) is 88.9 Å². The molecule has 40 heavy (non-hydrogen) atoms. The molecular weight excluding hydrogens is 512 g/mol. The zero-order valence-corrected chi connectivity index (χ0v) is 24.5. The Bertz CT molecular complexity index is 1320. The number of rotatable bonds is 7. The van der Waals surface area contributed by atoms with Crippen molar-refractivity contribution >= 4 is 23.1 Å². The topological polar surface area (TPSA) is 139 Å². The van der Waals surface area contributed by atoms with Gasteiger partial charge in [-0.3, -0.25) is 19.3 Å². The fraction of sp³-hybridized carbons (Fsp3) is 0.581. The van der Waals surface area contributed by atoms with Crippen molar-refractivity contribution in [2.75, 3.05) is 34.7 Å². The summed E-state index contributed by atoms with van der Waals surface area (Å²) < 4.78 is 0. The van der Waals surface area contributed by atoms with Crippen molar-refractivity contribution in [3.63, 3.8) is 0 Å². The Morgan fingerprint density at radius 3 is 2.30 bits per heavy atom. The number of likely N-dealkylation sites (N-methyl/N-ethyl adjacent to an activating group) is 1. The summed E-state index contributed by atoms with van der Waals surface area (Å²) in [5, 5.41) is 45.5. The fourth-order valence-corrected chi connectivity index (χ4v) is 6.73. The minimum Gasteiger partial charge on any atom is -0.508 e. The van der Waals surface area contributed by atoms with Crippen molar-refractivity contribution in [1.82, 2.24) is 9.80 Å². The number of benzene rings is 1. The van der Waals surface area contributed by atoms with Crippen LogP contribution in [0.1, 0.15) is 56.7 Å². The van der Waals surface area contributed by atoms with Crippen LogP contribution in [-0.2, 0) is 27.2 Å². The molecule has 218 valence electrons. The van der Waals surface area contributed by atoms with E-state index in [0.29, 0.717) is 12.8 Å².